The summed E-state index contributed by atoms with van der Waals surface area (Å²) >= 11 is 1.35. The maximum absolute atomic E-state index is 12.5. The Hall–Kier alpha value is -2.61. The Kier molecular flexibility index (Phi) is 4.64. The zero-order chi connectivity index (χ0) is 18.9. The molecule has 0 spiro atoms. The lowest BCUT2D eigenvalue weighted by Gasteiger charge is -2.35. The molecule has 0 N–H and O–H groups in total. The smallest absolute Gasteiger partial charge is 0.257 e. The van der Waals surface area contributed by atoms with E-state index in [2.05, 4.69) is 32.2 Å². The van der Waals surface area contributed by atoms with Crippen LogP contribution in [-0.2, 0) is 4.79 Å². The minimum absolute atomic E-state index is 0.113. The van der Waals surface area contributed by atoms with Crippen molar-refractivity contribution in [2.45, 2.75) is 24.0 Å². The van der Waals surface area contributed by atoms with Gasteiger partial charge < -0.3 is 14.2 Å². The Labute approximate surface area is 167 Å². The Morgan fingerprint density at radius 1 is 1.07 bits per heavy atom. The van der Waals surface area contributed by atoms with Crippen molar-refractivity contribution in [2.24, 2.45) is 0 Å². The van der Waals surface area contributed by atoms with Crippen LogP contribution in [-0.4, -0.2) is 57.9 Å². The van der Waals surface area contributed by atoms with Crippen LogP contribution in [0.1, 0.15) is 24.5 Å². The maximum Gasteiger partial charge on any atom is 0.257 e. The van der Waals surface area contributed by atoms with Crippen molar-refractivity contribution in [1.82, 2.24) is 20.1 Å². The second-order valence-electron chi connectivity index (χ2n) is 7.19. The van der Waals surface area contributed by atoms with Crippen LogP contribution in [0.25, 0.3) is 11.1 Å². The fourth-order valence-electron chi connectivity index (χ4n) is 3.41. The number of aromatic nitrogens is 3. The average molecular weight is 395 g/mol. The van der Waals surface area contributed by atoms with E-state index >= 15 is 0 Å². The lowest BCUT2D eigenvalue weighted by atomic mass is 10.2. The van der Waals surface area contributed by atoms with E-state index in [0.29, 0.717) is 30.0 Å². The Morgan fingerprint density at radius 3 is 2.61 bits per heavy atom. The zero-order valence-electron chi connectivity index (χ0n) is 15.5. The molecular formula is C20H21N5O2S. The zero-order valence-corrected chi connectivity index (χ0v) is 16.3. The molecule has 1 amide bonds. The summed E-state index contributed by atoms with van der Waals surface area (Å²) in [6.45, 7) is 2.94. The number of hydrogen-bond acceptors (Lipinski definition) is 7. The second kappa shape index (κ2) is 7.43. The highest BCUT2D eigenvalue weighted by Crippen LogP contribution is 2.38. The van der Waals surface area contributed by atoms with Gasteiger partial charge in [-0.15, -0.1) is 5.10 Å². The fourth-order valence-corrected chi connectivity index (χ4v) is 4.15. The van der Waals surface area contributed by atoms with Gasteiger partial charge in [0.2, 0.25) is 5.91 Å². The van der Waals surface area contributed by atoms with Gasteiger partial charge in [0.25, 0.3) is 5.22 Å². The van der Waals surface area contributed by atoms with Crippen LogP contribution in [0, 0.1) is 0 Å². The van der Waals surface area contributed by atoms with Crippen molar-refractivity contribution in [1.29, 1.82) is 0 Å². The number of para-hydroxylation sites is 2. The first-order valence-electron chi connectivity index (χ1n) is 9.61. The third kappa shape index (κ3) is 3.69. The van der Waals surface area contributed by atoms with Crippen LogP contribution in [0.2, 0.25) is 0 Å². The SMILES string of the molecule is O=C(CSc1nc2ccccc2o1)N1CCN(c2ccc(C3CC3)nn2)CC1. The van der Waals surface area contributed by atoms with Crippen LogP contribution in [0.3, 0.4) is 0 Å². The van der Waals surface area contributed by atoms with Crippen molar-refractivity contribution >= 4 is 34.6 Å². The molecule has 1 saturated heterocycles. The predicted molar refractivity (Wildman–Crippen MR) is 108 cm³/mol. The third-order valence-electron chi connectivity index (χ3n) is 5.22. The van der Waals surface area contributed by atoms with Gasteiger partial charge >= 0.3 is 0 Å². The molecule has 1 aliphatic heterocycles. The van der Waals surface area contributed by atoms with E-state index in [1.54, 1.807) is 0 Å². The Bertz CT molecular complexity index is 945. The summed E-state index contributed by atoms with van der Waals surface area (Å²) in [5.41, 5.74) is 2.67. The second-order valence-corrected chi connectivity index (χ2v) is 8.12. The van der Waals surface area contributed by atoms with Gasteiger partial charge in [0.15, 0.2) is 11.4 Å². The van der Waals surface area contributed by atoms with E-state index in [0.717, 1.165) is 35.7 Å². The number of anilines is 1. The van der Waals surface area contributed by atoms with Crippen molar-refractivity contribution in [2.75, 3.05) is 36.8 Å². The molecule has 2 aromatic heterocycles. The number of rotatable bonds is 5. The first-order valence-corrected chi connectivity index (χ1v) is 10.6. The molecule has 7 nitrogen and oxygen atoms in total. The Balaban J connectivity index is 1.13. The van der Waals surface area contributed by atoms with Crippen molar-refractivity contribution < 1.29 is 9.21 Å². The highest BCUT2D eigenvalue weighted by molar-refractivity contribution is 7.99. The molecular weight excluding hydrogens is 374 g/mol. The molecule has 1 aromatic carbocycles. The minimum atomic E-state index is 0.113. The fraction of sp³-hybridized carbons (Fsp3) is 0.400. The molecule has 2 aliphatic rings. The molecule has 0 unspecified atom stereocenters. The van der Waals surface area contributed by atoms with E-state index in [9.17, 15) is 4.79 Å². The first-order chi connectivity index (χ1) is 13.8. The van der Waals surface area contributed by atoms with Crippen molar-refractivity contribution in [3.63, 3.8) is 0 Å². The summed E-state index contributed by atoms with van der Waals surface area (Å²) in [5, 5.41) is 9.28. The number of carbonyl (C=O) groups is 1. The van der Waals surface area contributed by atoms with Crippen molar-refractivity contribution in [3.8, 4) is 0 Å². The van der Waals surface area contributed by atoms with Gasteiger partial charge in [-0.2, -0.15) is 5.10 Å². The number of amides is 1. The molecule has 3 heterocycles. The maximum atomic E-state index is 12.5. The van der Waals surface area contributed by atoms with Crippen LogP contribution >= 0.6 is 11.8 Å². The topological polar surface area (TPSA) is 75.4 Å². The number of fused-ring (bicyclic) bond motifs is 1. The molecule has 1 saturated carbocycles. The monoisotopic (exact) mass is 395 g/mol. The number of hydrogen-bond donors (Lipinski definition) is 0. The third-order valence-corrected chi connectivity index (χ3v) is 6.03. The number of nitrogens with zero attached hydrogens (tertiary/aromatic N) is 5. The van der Waals surface area contributed by atoms with Crippen LogP contribution in [0.4, 0.5) is 5.82 Å². The van der Waals surface area contributed by atoms with E-state index in [1.807, 2.05) is 29.2 Å². The molecule has 0 bridgehead atoms. The minimum Gasteiger partial charge on any atom is -0.431 e. The number of oxazole rings is 1. The molecule has 144 valence electrons. The normalized spacial score (nSPS) is 17.3. The summed E-state index contributed by atoms with van der Waals surface area (Å²) in [5.74, 6) is 1.97. The number of thioether (sulfide) groups is 1. The summed E-state index contributed by atoms with van der Waals surface area (Å²) in [6, 6.07) is 11.8. The predicted octanol–water partition coefficient (Wildman–Crippen LogP) is 2.94. The van der Waals surface area contributed by atoms with Crippen LogP contribution in [0.15, 0.2) is 46.0 Å². The van der Waals surface area contributed by atoms with E-state index in [1.165, 1.54) is 24.6 Å². The highest BCUT2D eigenvalue weighted by Gasteiger charge is 2.26. The Morgan fingerprint density at radius 2 is 1.89 bits per heavy atom. The van der Waals surface area contributed by atoms with Gasteiger partial charge in [-0.1, -0.05) is 23.9 Å². The van der Waals surface area contributed by atoms with Crippen LogP contribution in [0.5, 0.6) is 0 Å². The van der Waals surface area contributed by atoms with Crippen molar-refractivity contribution in [3.05, 3.63) is 42.1 Å². The molecule has 1 aliphatic carbocycles. The average Bonchev–Trinajstić information content (AvgIpc) is 3.51. The van der Waals surface area contributed by atoms with E-state index < -0.39 is 0 Å². The summed E-state index contributed by atoms with van der Waals surface area (Å²) in [4.78, 5) is 21.0. The van der Waals surface area contributed by atoms with E-state index in [4.69, 9.17) is 4.42 Å². The molecule has 28 heavy (non-hydrogen) atoms. The van der Waals surface area contributed by atoms with Gasteiger partial charge in [-0.05, 0) is 37.1 Å². The largest absolute Gasteiger partial charge is 0.431 e. The summed E-state index contributed by atoms with van der Waals surface area (Å²) < 4.78 is 5.67. The van der Waals surface area contributed by atoms with E-state index in [-0.39, 0.29) is 5.91 Å². The molecule has 0 radical (unpaired) electrons. The standard InChI is InChI=1S/C20H21N5O2S/c26-19(13-28-20-21-16-3-1-2-4-17(16)27-20)25-11-9-24(10-12-25)18-8-7-15(22-23-18)14-5-6-14/h1-4,7-8,14H,5-6,9-13H2. The number of benzene rings is 1. The highest BCUT2D eigenvalue weighted by atomic mass is 32.2. The first kappa shape index (κ1) is 17.5. The summed E-state index contributed by atoms with van der Waals surface area (Å²) in [6.07, 6.45) is 2.47. The van der Waals surface area contributed by atoms with Gasteiger partial charge in [-0.3, -0.25) is 4.79 Å². The van der Waals surface area contributed by atoms with Crippen LogP contribution < -0.4 is 4.90 Å². The van der Waals surface area contributed by atoms with Gasteiger partial charge in [0, 0.05) is 32.1 Å². The van der Waals surface area contributed by atoms with Gasteiger partial charge in [0.05, 0.1) is 11.4 Å². The molecule has 8 heteroatoms. The molecule has 0 atom stereocenters. The number of carbonyl (C=O) groups excluding carboxylic acids is 1. The quantitative estimate of drug-likeness (QED) is 0.615. The molecule has 5 rings (SSSR count). The molecule has 3 aromatic rings. The van der Waals surface area contributed by atoms with Gasteiger partial charge in [0.1, 0.15) is 5.52 Å². The summed E-state index contributed by atoms with van der Waals surface area (Å²) in [7, 11) is 0. The lowest BCUT2D eigenvalue weighted by molar-refractivity contribution is -0.128. The molecule has 2 fully saturated rings. The number of piperazine rings is 1. The lowest BCUT2D eigenvalue weighted by Crippen LogP contribution is -2.49. The van der Waals surface area contributed by atoms with Gasteiger partial charge in [-0.25, -0.2) is 4.98 Å².